The lowest BCUT2D eigenvalue weighted by Gasteiger charge is -2.17. The van der Waals surface area contributed by atoms with Crippen molar-refractivity contribution in [3.8, 4) is 5.88 Å². The molecule has 1 N–H and O–H groups in total. The lowest BCUT2D eigenvalue weighted by molar-refractivity contribution is -0.144. The van der Waals surface area contributed by atoms with Crippen LogP contribution in [-0.2, 0) is 11.0 Å². The number of aromatic nitrogens is 3. The lowest BCUT2D eigenvalue weighted by atomic mass is 9.84. The molecule has 1 amide bonds. The number of alkyl halides is 3. The Kier molecular flexibility index (Phi) is 3.10. The number of amides is 1. The predicted octanol–water partition coefficient (Wildman–Crippen LogP) is 1.62. The summed E-state index contributed by atoms with van der Waals surface area (Å²) in [4.78, 5) is 15.4. The van der Waals surface area contributed by atoms with Crippen molar-refractivity contribution in [1.29, 1.82) is 0 Å². The summed E-state index contributed by atoms with van der Waals surface area (Å²) in [6.45, 7) is 3.24. The Morgan fingerprint density at radius 1 is 1.30 bits per heavy atom. The van der Waals surface area contributed by atoms with Crippen LogP contribution in [0.25, 0.3) is 5.65 Å². The number of pyridine rings is 1. The van der Waals surface area contributed by atoms with Gasteiger partial charge in [-0.2, -0.15) is 22.8 Å². The Hall–Kier alpha value is -2.65. The smallest absolute Gasteiger partial charge is 0.453 e. The van der Waals surface area contributed by atoms with Gasteiger partial charge in [-0.1, -0.05) is 0 Å². The molecule has 0 saturated heterocycles. The first kappa shape index (κ1) is 15.3. The van der Waals surface area contributed by atoms with E-state index in [1.165, 1.54) is 19.2 Å². The molecule has 122 valence electrons. The maximum Gasteiger partial charge on any atom is 0.453 e. The van der Waals surface area contributed by atoms with Gasteiger partial charge in [0, 0.05) is 11.6 Å². The third-order valence-corrected chi connectivity index (χ3v) is 3.60. The van der Waals surface area contributed by atoms with Gasteiger partial charge in [0.15, 0.2) is 5.65 Å². The molecule has 0 atom stereocenters. The van der Waals surface area contributed by atoms with Gasteiger partial charge in [0.2, 0.25) is 5.88 Å². The van der Waals surface area contributed by atoms with Crippen molar-refractivity contribution in [3.63, 3.8) is 0 Å². The minimum absolute atomic E-state index is 0.0833. The summed E-state index contributed by atoms with van der Waals surface area (Å²) < 4.78 is 44.7. The second kappa shape index (κ2) is 4.67. The first-order valence-corrected chi connectivity index (χ1v) is 6.56. The van der Waals surface area contributed by atoms with Gasteiger partial charge in [0.1, 0.15) is 0 Å². The van der Waals surface area contributed by atoms with Crippen molar-refractivity contribution in [2.45, 2.75) is 20.0 Å². The van der Waals surface area contributed by atoms with Gasteiger partial charge >= 0.3 is 6.18 Å². The molecule has 0 bridgehead atoms. The summed E-state index contributed by atoms with van der Waals surface area (Å²) in [6.07, 6.45) is -4.70. The number of ether oxygens (including phenoxy) is 1. The molecule has 0 aromatic carbocycles. The van der Waals surface area contributed by atoms with E-state index in [4.69, 9.17) is 4.74 Å². The molecule has 3 rings (SSSR count). The number of carbonyl (C=O) groups excluding carboxylic acids is 1. The Morgan fingerprint density at radius 3 is 2.52 bits per heavy atom. The van der Waals surface area contributed by atoms with Gasteiger partial charge < -0.3 is 4.74 Å². The Labute approximate surface area is 128 Å². The van der Waals surface area contributed by atoms with Crippen molar-refractivity contribution >= 4 is 17.3 Å². The number of hydrogen-bond donors (Lipinski definition) is 1. The molecule has 2 aromatic heterocycles. The maximum atomic E-state index is 12.9. The number of carbonyl (C=O) groups is 1. The second-order valence-corrected chi connectivity index (χ2v) is 5.48. The molecular formula is C13H12F3N5O2. The van der Waals surface area contributed by atoms with Crippen molar-refractivity contribution < 1.29 is 22.7 Å². The Bertz CT molecular complexity index is 838. The van der Waals surface area contributed by atoms with E-state index in [0.29, 0.717) is 0 Å². The van der Waals surface area contributed by atoms with Gasteiger partial charge in [-0.05, 0) is 19.9 Å². The van der Waals surface area contributed by atoms with E-state index in [0.717, 1.165) is 4.52 Å². The number of halogens is 3. The van der Waals surface area contributed by atoms with Crippen molar-refractivity contribution in [1.82, 2.24) is 20.0 Å². The molecule has 0 radical (unpaired) electrons. The summed E-state index contributed by atoms with van der Waals surface area (Å²) in [7, 11) is 1.31. The highest BCUT2D eigenvalue weighted by Crippen LogP contribution is 2.32. The third kappa shape index (κ3) is 2.21. The first-order valence-electron chi connectivity index (χ1n) is 6.56. The van der Waals surface area contributed by atoms with E-state index >= 15 is 0 Å². The average Bonchev–Trinajstić information content (AvgIpc) is 3.01. The quantitative estimate of drug-likeness (QED) is 0.909. The molecule has 3 heterocycles. The monoisotopic (exact) mass is 327 g/mol. The van der Waals surface area contributed by atoms with Crippen molar-refractivity contribution in [2.75, 3.05) is 7.11 Å². The summed E-state index contributed by atoms with van der Waals surface area (Å²) in [6, 6.07) is 2.95. The largest absolute Gasteiger partial charge is 0.481 e. The van der Waals surface area contributed by atoms with E-state index in [2.05, 4.69) is 20.6 Å². The molecule has 0 aliphatic carbocycles. The number of fused-ring (bicyclic) bond motifs is 1. The number of hydrogen-bond acceptors (Lipinski definition) is 5. The van der Waals surface area contributed by atoms with Crippen LogP contribution in [0.5, 0.6) is 5.88 Å². The van der Waals surface area contributed by atoms with Crippen LogP contribution in [0.1, 0.15) is 25.2 Å². The van der Waals surface area contributed by atoms with Gasteiger partial charge in [-0.15, -0.1) is 5.10 Å². The fourth-order valence-electron chi connectivity index (χ4n) is 2.29. The first-order chi connectivity index (χ1) is 10.7. The van der Waals surface area contributed by atoms with Crippen LogP contribution in [0.2, 0.25) is 0 Å². The van der Waals surface area contributed by atoms with Gasteiger partial charge in [-0.25, -0.2) is 10.4 Å². The van der Waals surface area contributed by atoms with Gasteiger partial charge in [-0.3, -0.25) is 4.79 Å². The van der Waals surface area contributed by atoms with E-state index in [1.807, 2.05) is 0 Å². The summed E-state index contributed by atoms with van der Waals surface area (Å²) in [5, 5.41) is 7.38. The highest BCUT2D eigenvalue weighted by atomic mass is 19.4. The van der Waals surface area contributed by atoms with Crippen LogP contribution in [0.4, 0.5) is 13.2 Å². The molecule has 1 aliphatic rings. The molecule has 0 fully saturated rings. The van der Waals surface area contributed by atoms with E-state index in [1.54, 1.807) is 13.8 Å². The van der Waals surface area contributed by atoms with Crippen LogP contribution in [0.15, 0.2) is 17.2 Å². The number of methoxy groups -OCH3 is 1. The molecule has 2 aromatic rings. The fraction of sp³-hybridized carbons (Fsp3) is 0.385. The number of hydrazone groups is 1. The molecular weight excluding hydrogens is 315 g/mol. The van der Waals surface area contributed by atoms with Crippen LogP contribution < -0.4 is 10.2 Å². The Morgan fingerprint density at radius 2 is 2.00 bits per heavy atom. The number of nitrogens with one attached hydrogen (secondary N) is 1. The van der Waals surface area contributed by atoms with Crippen LogP contribution in [-0.4, -0.2) is 33.3 Å². The fourth-order valence-corrected chi connectivity index (χ4v) is 2.29. The van der Waals surface area contributed by atoms with Crippen LogP contribution in [0, 0.1) is 5.41 Å². The zero-order valence-corrected chi connectivity index (χ0v) is 12.4. The molecule has 1 aliphatic heterocycles. The molecule has 0 saturated carbocycles. The van der Waals surface area contributed by atoms with E-state index in [9.17, 15) is 18.0 Å². The van der Waals surface area contributed by atoms with Crippen LogP contribution >= 0.6 is 0 Å². The molecule has 7 nitrogen and oxygen atoms in total. The third-order valence-electron chi connectivity index (χ3n) is 3.60. The summed E-state index contributed by atoms with van der Waals surface area (Å²) in [5.41, 5.74) is 1.81. The minimum Gasteiger partial charge on any atom is -0.481 e. The zero-order valence-electron chi connectivity index (χ0n) is 12.4. The summed E-state index contributed by atoms with van der Waals surface area (Å²) in [5.74, 6) is -1.56. The predicted molar refractivity (Wildman–Crippen MR) is 73.0 cm³/mol. The summed E-state index contributed by atoms with van der Waals surface area (Å²) >= 11 is 0. The van der Waals surface area contributed by atoms with Gasteiger partial charge in [0.05, 0.1) is 18.2 Å². The number of nitrogens with zero attached hydrogens (tertiary/aromatic N) is 4. The normalized spacial score (nSPS) is 17.3. The molecule has 0 unspecified atom stereocenters. The SMILES string of the molecule is COc1ccc(C2=NNC(=O)C2(C)C)c2nc(C(F)(F)F)nn12. The topological polar surface area (TPSA) is 80.9 Å². The average molecular weight is 327 g/mol. The Balaban J connectivity index is 2.27. The molecule has 0 spiro atoms. The van der Waals surface area contributed by atoms with E-state index < -0.39 is 17.4 Å². The zero-order chi connectivity index (χ0) is 17.0. The maximum absolute atomic E-state index is 12.9. The highest BCUT2D eigenvalue weighted by Gasteiger charge is 2.42. The highest BCUT2D eigenvalue weighted by molar-refractivity contribution is 6.21. The standard InChI is InChI=1S/C13H12F3N5O2/c1-12(2)8(18-19-11(12)22)6-4-5-7(23-3)21-9(6)17-10(20-21)13(14,15)16/h4-5H,1-3H3,(H,19,22). The van der Waals surface area contributed by atoms with Gasteiger partial charge in [0.25, 0.3) is 11.7 Å². The minimum atomic E-state index is -4.70. The molecule has 23 heavy (non-hydrogen) atoms. The molecule has 10 heteroatoms. The van der Waals surface area contributed by atoms with E-state index in [-0.39, 0.29) is 28.7 Å². The second-order valence-electron chi connectivity index (χ2n) is 5.48. The van der Waals surface area contributed by atoms with Crippen molar-refractivity contribution in [2.24, 2.45) is 10.5 Å². The lowest BCUT2D eigenvalue weighted by Crippen LogP contribution is -2.32. The number of rotatable bonds is 2. The van der Waals surface area contributed by atoms with Crippen molar-refractivity contribution in [3.05, 3.63) is 23.5 Å². The van der Waals surface area contributed by atoms with Crippen LogP contribution in [0.3, 0.4) is 0 Å².